The fourth-order valence-corrected chi connectivity index (χ4v) is 2.77. The van der Waals surface area contributed by atoms with Crippen molar-refractivity contribution in [3.63, 3.8) is 0 Å². The molecule has 5 nitrogen and oxygen atoms in total. The molecule has 118 valence electrons. The molecule has 0 aliphatic carbocycles. The van der Waals surface area contributed by atoms with Crippen LogP contribution in [0.2, 0.25) is 0 Å². The smallest absolute Gasteiger partial charge is 0.366 e. The number of morpholine rings is 1. The summed E-state index contributed by atoms with van der Waals surface area (Å²) in [7, 11) is 0. The topological polar surface area (TPSA) is 42.3 Å². The molecule has 2 aliphatic rings. The Kier molecular flexibility index (Phi) is 4.19. The highest BCUT2D eigenvalue weighted by molar-refractivity contribution is 5.11. The van der Waals surface area contributed by atoms with E-state index in [1.165, 1.54) is 0 Å². The van der Waals surface area contributed by atoms with Crippen LogP contribution in [0, 0.1) is 0 Å². The quantitative estimate of drug-likeness (QED) is 0.890. The number of alkyl halides is 3. The van der Waals surface area contributed by atoms with Gasteiger partial charge in [-0.2, -0.15) is 18.3 Å². The summed E-state index contributed by atoms with van der Waals surface area (Å²) in [5.74, 6) is 0. The van der Waals surface area contributed by atoms with Crippen molar-refractivity contribution in [2.24, 2.45) is 0 Å². The fraction of sp³-hybridized carbons (Fsp3) is 0.769. The van der Waals surface area contributed by atoms with E-state index in [0.29, 0.717) is 13.1 Å². The molecule has 8 heteroatoms. The van der Waals surface area contributed by atoms with E-state index in [9.17, 15) is 13.2 Å². The number of rotatable bonds is 2. The number of hydrogen-bond donors (Lipinski definition) is 1. The molecule has 0 amide bonds. The average molecular weight is 304 g/mol. The predicted molar refractivity (Wildman–Crippen MR) is 69.6 cm³/mol. The van der Waals surface area contributed by atoms with Gasteiger partial charge in [-0.1, -0.05) is 0 Å². The van der Waals surface area contributed by atoms with Crippen LogP contribution in [0.15, 0.2) is 6.07 Å². The number of aromatic nitrogens is 2. The molecule has 1 aromatic rings. The van der Waals surface area contributed by atoms with Gasteiger partial charge in [0.15, 0.2) is 6.10 Å². The number of halogens is 3. The van der Waals surface area contributed by atoms with Crippen molar-refractivity contribution in [1.29, 1.82) is 0 Å². The Bertz CT molecular complexity index is 465. The summed E-state index contributed by atoms with van der Waals surface area (Å²) in [5.41, 5.74) is 1.93. The van der Waals surface area contributed by atoms with E-state index in [2.05, 4.69) is 10.4 Å². The maximum atomic E-state index is 12.7. The molecule has 1 atom stereocenters. The molecule has 2 aliphatic heterocycles. The van der Waals surface area contributed by atoms with E-state index in [4.69, 9.17) is 4.74 Å². The number of ether oxygens (including phenoxy) is 1. The summed E-state index contributed by atoms with van der Waals surface area (Å²) in [6, 6.07) is 1.98. The number of nitrogens with one attached hydrogen (secondary N) is 1. The number of hydrogen-bond acceptors (Lipinski definition) is 4. The van der Waals surface area contributed by atoms with Crippen molar-refractivity contribution < 1.29 is 17.9 Å². The van der Waals surface area contributed by atoms with Crippen molar-refractivity contribution in [2.75, 3.05) is 26.2 Å². The Morgan fingerprint density at radius 3 is 3.05 bits per heavy atom. The lowest BCUT2D eigenvalue weighted by molar-refractivity contribution is -0.237. The molecule has 3 heterocycles. The Morgan fingerprint density at radius 1 is 1.38 bits per heavy atom. The lowest BCUT2D eigenvalue weighted by atomic mass is 10.2. The zero-order valence-corrected chi connectivity index (χ0v) is 11.7. The Labute approximate surface area is 121 Å². The summed E-state index contributed by atoms with van der Waals surface area (Å²) in [5, 5.41) is 7.81. The van der Waals surface area contributed by atoms with Gasteiger partial charge in [0.05, 0.1) is 18.0 Å². The van der Waals surface area contributed by atoms with Gasteiger partial charge >= 0.3 is 6.18 Å². The van der Waals surface area contributed by atoms with Gasteiger partial charge in [-0.15, -0.1) is 0 Å². The van der Waals surface area contributed by atoms with E-state index in [1.54, 1.807) is 4.90 Å². The average Bonchev–Trinajstić information content (AvgIpc) is 2.67. The molecule has 0 radical (unpaired) electrons. The minimum absolute atomic E-state index is 0.110. The van der Waals surface area contributed by atoms with Crippen LogP contribution < -0.4 is 5.32 Å². The maximum Gasteiger partial charge on any atom is 0.415 e. The van der Waals surface area contributed by atoms with Crippen LogP contribution in [0.1, 0.15) is 17.8 Å². The van der Waals surface area contributed by atoms with Crippen LogP contribution in [0.3, 0.4) is 0 Å². The van der Waals surface area contributed by atoms with Crippen LogP contribution in [0.4, 0.5) is 13.2 Å². The molecule has 1 saturated heterocycles. The third-order valence-electron chi connectivity index (χ3n) is 3.84. The van der Waals surface area contributed by atoms with Gasteiger partial charge in [0.2, 0.25) is 0 Å². The van der Waals surface area contributed by atoms with Crippen molar-refractivity contribution in [2.45, 2.75) is 38.3 Å². The molecule has 21 heavy (non-hydrogen) atoms. The minimum Gasteiger partial charge on any atom is -0.366 e. The largest absolute Gasteiger partial charge is 0.415 e. The predicted octanol–water partition coefficient (Wildman–Crippen LogP) is 1.14. The maximum absolute atomic E-state index is 12.7. The number of fused-ring (bicyclic) bond motifs is 1. The number of aryl methyl sites for hydroxylation is 1. The molecular formula is C13H19F3N4O. The van der Waals surface area contributed by atoms with Gasteiger partial charge in [-0.05, 0) is 19.0 Å². The first-order valence-electron chi connectivity index (χ1n) is 7.19. The molecule has 1 aromatic heterocycles. The molecular weight excluding hydrogens is 285 g/mol. The van der Waals surface area contributed by atoms with E-state index in [-0.39, 0.29) is 13.2 Å². The van der Waals surface area contributed by atoms with Gasteiger partial charge in [-0.3, -0.25) is 9.58 Å². The summed E-state index contributed by atoms with van der Waals surface area (Å²) in [6.45, 7) is 3.53. The van der Waals surface area contributed by atoms with E-state index < -0.39 is 12.3 Å². The molecule has 3 rings (SSSR count). The van der Waals surface area contributed by atoms with Gasteiger partial charge < -0.3 is 10.1 Å². The molecule has 1 N–H and O–H groups in total. The second-order valence-corrected chi connectivity index (χ2v) is 5.52. The van der Waals surface area contributed by atoms with Gasteiger partial charge in [0, 0.05) is 32.7 Å². The van der Waals surface area contributed by atoms with Crippen molar-refractivity contribution in [3.05, 3.63) is 17.5 Å². The molecule has 0 bridgehead atoms. The fourth-order valence-electron chi connectivity index (χ4n) is 2.77. The lowest BCUT2D eigenvalue weighted by Crippen LogP contribution is -2.48. The van der Waals surface area contributed by atoms with Crippen LogP contribution >= 0.6 is 0 Å². The van der Waals surface area contributed by atoms with Gasteiger partial charge in [-0.25, -0.2) is 0 Å². The first kappa shape index (κ1) is 14.8. The van der Waals surface area contributed by atoms with Crippen LogP contribution in [0.5, 0.6) is 0 Å². The third kappa shape index (κ3) is 3.56. The Hall–Kier alpha value is -1.12. The normalized spacial score (nSPS) is 24.6. The van der Waals surface area contributed by atoms with Crippen molar-refractivity contribution >= 4 is 0 Å². The Balaban J connectivity index is 1.64. The molecule has 0 aromatic carbocycles. The van der Waals surface area contributed by atoms with Gasteiger partial charge in [0.25, 0.3) is 0 Å². The second-order valence-electron chi connectivity index (χ2n) is 5.52. The number of nitrogens with zero attached hydrogens (tertiary/aromatic N) is 3. The highest BCUT2D eigenvalue weighted by Gasteiger charge is 2.43. The monoisotopic (exact) mass is 304 g/mol. The van der Waals surface area contributed by atoms with Crippen LogP contribution in [-0.4, -0.2) is 53.2 Å². The summed E-state index contributed by atoms with van der Waals surface area (Å²) < 4.78 is 44.9. The third-order valence-corrected chi connectivity index (χ3v) is 3.84. The summed E-state index contributed by atoms with van der Waals surface area (Å²) >= 11 is 0. The van der Waals surface area contributed by atoms with E-state index in [1.807, 2.05) is 10.7 Å². The van der Waals surface area contributed by atoms with E-state index >= 15 is 0 Å². The van der Waals surface area contributed by atoms with Crippen LogP contribution in [0.25, 0.3) is 0 Å². The van der Waals surface area contributed by atoms with Crippen molar-refractivity contribution in [1.82, 2.24) is 20.0 Å². The van der Waals surface area contributed by atoms with E-state index in [0.717, 1.165) is 37.4 Å². The highest BCUT2D eigenvalue weighted by Crippen LogP contribution is 2.26. The lowest BCUT2D eigenvalue weighted by Gasteiger charge is -2.33. The first-order chi connectivity index (χ1) is 10.0. The van der Waals surface area contributed by atoms with Crippen molar-refractivity contribution in [3.8, 4) is 0 Å². The Morgan fingerprint density at radius 2 is 2.24 bits per heavy atom. The minimum atomic E-state index is -4.30. The van der Waals surface area contributed by atoms with Gasteiger partial charge in [0.1, 0.15) is 0 Å². The standard InChI is InChI=1S/C13H19F3N4O/c14-13(15,16)12-9-19(4-5-21-12)8-10-6-11-7-17-2-1-3-20(11)18-10/h6,12,17H,1-5,7-9H2/t12-/m1/s1. The zero-order valence-electron chi connectivity index (χ0n) is 11.7. The molecule has 0 spiro atoms. The highest BCUT2D eigenvalue weighted by atomic mass is 19.4. The molecule has 1 fully saturated rings. The van der Waals surface area contributed by atoms with Crippen LogP contribution in [-0.2, 0) is 24.4 Å². The second kappa shape index (κ2) is 5.94. The summed E-state index contributed by atoms with van der Waals surface area (Å²) in [6.07, 6.45) is -4.97. The molecule has 0 unspecified atom stereocenters. The molecule has 0 saturated carbocycles. The zero-order chi connectivity index (χ0) is 14.9. The summed E-state index contributed by atoms with van der Waals surface area (Å²) in [4.78, 5) is 1.76. The SMILES string of the molecule is FC(F)(F)[C@H]1CN(Cc2cc3n(n2)CCCNC3)CCO1. The first-order valence-corrected chi connectivity index (χ1v) is 7.19.